The van der Waals surface area contributed by atoms with Gasteiger partial charge in [-0.2, -0.15) is 0 Å². The van der Waals surface area contributed by atoms with Crippen molar-refractivity contribution in [2.45, 2.75) is 45.4 Å². The van der Waals surface area contributed by atoms with Crippen molar-refractivity contribution in [1.29, 1.82) is 0 Å². The van der Waals surface area contributed by atoms with Crippen LogP contribution in [0.2, 0.25) is 0 Å². The maximum atomic E-state index is 11.9. The van der Waals surface area contributed by atoms with Crippen molar-refractivity contribution < 1.29 is 9.59 Å². The monoisotopic (exact) mass is 309 g/mol. The lowest BCUT2D eigenvalue weighted by atomic mass is 9.97. The van der Waals surface area contributed by atoms with Crippen LogP contribution < -0.4 is 5.32 Å². The number of hydrogen-bond donors (Lipinski definition) is 1. The Labute approximate surface area is 134 Å². The zero-order valence-corrected chi connectivity index (χ0v) is 14.4. The van der Waals surface area contributed by atoms with Crippen LogP contribution in [0.3, 0.4) is 0 Å². The Balaban J connectivity index is 2.28. The van der Waals surface area contributed by atoms with E-state index in [4.69, 9.17) is 0 Å². The van der Waals surface area contributed by atoms with Gasteiger partial charge in [0.25, 0.3) is 0 Å². The summed E-state index contributed by atoms with van der Waals surface area (Å²) in [4.78, 5) is 27.4. The van der Waals surface area contributed by atoms with Gasteiger partial charge < -0.3 is 15.1 Å². The molecule has 0 unspecified atom stereocenters. The van der Waals surface area contributed by atoms with Crippen molar-refractivity contribution >= 4 is 11.8 Å². The van der Waals surface area contributed by atoms with Crippen LogP contribution in [0.1, 0.15) is 45.4 Å². The second-order valence-corrected chi connectivity index (χ2v) is 6.31. The zero-order chi connectivity index (χ0) is 16.4. The Morgan fingerprint density at radius 1 is 1.23 bits per heavy atom. The van der Waals surface area contributed by atoms with Crippen molar-refractivity contribution in [2.24, 2.45) is 0 Å². The minimum atomic E-state index is -0.0634. The van der Waals surface area contributed by atoms with E-state index in [1.807, 2.05) is 14.1 Å². The number of carbonyl (C=O) groups excluding carboxylic acids is 2. The van der Waals surface area contributed by atoms with Crippen molar-refractivity contribution in [3.63, 3.8) is 0 Å². The fourth-order valence-electron chi connectivity index (χ4n) is 2.61. The molecule has 1 aliphatic carbocycles. The lowest BCUT2D eigenvalue weighted by molar-refractivity contribution is -0.134. The Hall–Kier alpha value is -1.36. The molecule has 5 heteroatoms. The fourth-order valence-corrected chi connectivity index (χ4v) is 2.61. The van der Waals surface area contributed by atoms with Gasteiger partial charge in [-0.15, -0.1) is 0 Å². The summed E-state index contributed by atoms with van der Waals surface area (Å²) in [6.45, 7) is 3.96. The minimum absolute atomic E-state index is 0.0279. The third-order valence-corrected chi connectivity index (χ3v) is 3.97. The highest BCUT2D eigenvalue weighted by Crippen LogP contribution is 2.20. The molecule has 1 aliphatic rings. The molecule has 5 nitrogen and oxygen atoms in total. The standard InChI is InChI=1S/C17H31N3O2/c1-15(21)20(13-10-16-8-5-4-6-9-16)14-17(22)18-11-7-12-19(2)3/h8H,4-7,9-14H2,1-3H3,(H,18,22). The van der Waals surface area contributed by atoms with E-state index in [1.54, 1.807) is 4.90 Å². The molecule has 0 saturated carbocycles. The lowest BCUT2D eigenvalue weighted by Crippen LogP contribution is -2.40. The van der Waals surface area contributed by atoms with Gasteiger partial charge in [-0.05, 0) is 59.2 Å². The molecule has 0 atom stereocenters. The van der Waals surface area contributed by atoms with Crippen LogP contribution in [-0.2, 0) is 9.59 Å². The van der Waals surface area contributed by atoms with Gasteiger partial charge in [0.1, 0.15) is 0 Å². The predicted octanol–water partition coefficient (Wildman–Crippen LogP) is 1.79. The van der Waals surface area contributed by atoms with E-state index in [2.05, 4.69) is 16.3 Å². The molecule has 0 heterocycles. The lowest BCUT2D eigenvalue weighted by Gasteiger charge is -2.22. The molecule has 0 saturated heterocycles. The number of carbonyl (C=O) groups is 2. The first-order valence-electron chi connectivity index (χ1n) is 8.34. The molecule has 0 aromatic carbocycles. The Kier molecular flexibility index (Phi) is 8.82. The number of nitrogens with zero attached hydrogens (tertiary/aromatic N) is 2. The van der Waals surface area contributed by atoms with E-state index < -0.39 is 0 Å². The van der Waals surface area contributed by atoms with Crippen LogP contribution in [0.4, 0.5) is 0 Å². The topological polar surface area (TPSA) is 52.7 Å². The molecule has 0 fully saturated rings. The first-order chi connectivity index (χ1) is 10.5. The summed E-state index contributed by atoms with van der Waals surface area (Å²) in [5.41, 5.74) is 1.43. The summed E-state index contributed by atoms with van der Waals surface area (Å²) >= 11 is 0. The van der Waals surface area contributed by atoms with Crippen LogP contribution >= 0.6 is 0 Å². The van der Waals surface area contributed by atoms with Crippen molar-refractivity contribution in [3.05, 3.63) is 11.6 Å². The van der Waals surface area contributed by atoms with E-state index in [1.165, 1.54) is 25.3 Å². The van der Waals surface area contributed by atoms with Gasteiger partial charge in [0.15, 0.2) is 0 Å². The SMILES string of the molecule is CC(=O)N(CCC1=CCCCC1)CC(=O)NCCCN(C)C. The highest BCUT2D eigenvalue weighted by atomic mass is 16.2. The maximum Gasteiger partial charge on any atom is 0.239 e. The number of rotatable bonds is 9. The van der Waals surface area contributed by atoms with E-state index in [9.17, 15) is 9.59 Å². The molecule has 0 aromatic rings. The van der Waals surface area contributed by atoms with Gasteiger partial charge in [0.2, 0.25) is 11.8 Å². The normalized spacial score (nSPS) is 14.6. The van der Waals surface area contributed by atoms with E-state index in [0.29, 0.717) is 13.1 Å². The van der Waals surface area contributed by atoms with Crippen molar-refractivity contribution in [2.75, 3.05) is 40.3 Å². The Morgan fingerprint density at radius 3 is 2.59 bits per heavy atom. The highest BCUT2D eigenvalue weighted by Gasteiger charge is 2.14. The summed E-state index contributed by atoms with van der Waals surface area (Å²) < 4.78 is 0. The fraction of sp³-hybridized carbons (Fsp3) is 0.765. The molecular weight excluding hydrogens is 278 g/mol. The van der Waals surface area contributed by atoms with Gasteiger partial charge in [-0.25, -0.2) is 0 Å². The number of allylic oxidation sites excluding steroid dienone is 1. The largest absolute Gasteiger partial charge is 0.355 e. The van der Waals surface area contributed by atoms with E-state index in [0.717, 1.165) is 32.2 Å². The van der Waals surface area contributed by atoms with E-state index in [-0.39, 0.29) is 18.4 Å². The Morgan fingerprint density at radius 2 is 2.00 bits per heavy atom. The molecule has 0 aliphatic heterocycles. The van der Waals surface area contributed by atoms with Crippen LogP contribution in [-0.4, -0.2) is 61.9 Å². The van der Waals surface area contributed by atoms with E-state index >= 15 is 0 Å². The molecule has 22 heavy (non-hydrogen) atoms. The molecule has 0 bridgehead atoms. The quantitative estimate of drug-likeness (QED) is 0.522. The van der Waals surface area contributed by atoms with Crippen molar-refractivity contribution in [3.8, 4) is 0 Å². The average Bonchev–Trinajstić information content (AvgIpc) is 2.48. The minimum Gasteiger partial charge on any atom is -0.355 e. The molecule has 0 spiro atoms. The predicted molar refractivity (Wildman–Crippen MR) is 89.6 cm³/mol. The summed E-state index contributed by atoms with van der Waals surface area (Å²) in [6.07, 6.45) is 8.93. The van der Waals surface area contributed by atoms with Crippen molar-refractivity contribution in [1.82, 2.24) is 15.1 Å². The Bertz CT molecular complexity index is 391. The van der Waals surface area contributed by atoms with Crippen LogP contribution in [0.5, 0.6) is 0 Å². The van der Waals surface area contributed by atoms with Gasteiger partial charge in [-0.1, -0.05) is 11.6 Å². The second kappa shape index (κ2) is 10.4. The number of hydrogen-bond acceptors (Lipinski definition) is 3. The smallest absolute Gasteiger partial charge is 0.239 e. The van der Waals surface area contributed by atoms with Gasteiger partial charge in [0, 0.05) is 20.0 Å². The summed E-state index contributed by atoms with van der Waals surface area (Å²) in [5, 5.41) is 2.89. The summed E-state index contributed by atoms with van der Waals surface area (Å²) in [6, 6.07) is 0. The number of nitrogens with one attached hydrogen (secondary N) is 1. The third kappa shape index (κ3) is 8.17. The van der Waals surface area contributed by atoms with Crippen LogP contribution in [0.25, 0.3) is 0 Å². The average molecular weight is 309 g/mol. The molecule has 1 rings (SSSR count). The summed E-state index contributed by atoms with van der Waals surface area (Å²) in [5.74, 6) is -0.0913. The number of amides is 2. The maximum absolute atomic E-state index is 11.9. The second-order valence-electron chi connectivity index (χ2n) is 6.31. The first-order valence-corrected chi connectivity index (χ1v) is 8.34. The molecular formula is C17H31N3O2. The third-order valence-electron chi connectivity index (χ3n) is 3.97. The molecule has 0 aromatic heterocycles. The highest BCUT2D eigenvalue weighted by molar-refractivity contribution is 5.83. The van der Waals surface area contributed by atoms with Crippen LogP contribution in [0.15, 0.2) is 11.6 Å². The molecule has 1 N–H and O–H groups in total. The summed E-state index contributed by atoms with van der Waals surface area (Å²) in [7, 11) is 4.03. The first kappa shape index (κ1) is 18.7. The van der Waals surface area contributed by atoms with Crippen LogP contribution in [0, 0.1) is 0 Å². The van der Waals surface area contributed by atoms with Gasteiger partial charge in [-0.3, -0.25) is 9.59 Å². The van der Waals surface area contributed by atoms with Gasteiger partial charge in [0.05, 0.1) is 6.54 Å². The molecule has 0 radical (unpaired) electrons. The molecule has 2 amide bonds. The zero-order valence-electron chi connectivity index (χ0n) is 14.4. The van der Waals surface area contributed by atoms with Gasteiger partial charge >= 0.3 is 0 Å². The molecule has 126 valence electrons.